The summed E-state index contributed by atoms with van der Waals surface area (Å²) in [5.74, 6) is -0.0806. The van der Waals surface area contributed by atoms with E-state index in [0.717, 1.165) is 39.0 Å². The average molecular weight is 506 g/mol. The Hall–Kier alpha value is -5.09. The molecule has 0 N–H and O–H groups in total. The Kier molecular flexibility index (Phi) is 6.44. The van der Waals surface area contributed by atoms with Crippen LogP contribution in [-0.2, 0) is 5.54 Å². The molecule has 0 aliphatic rings. The molecule has 0 atom stereocenters. The van der Waals surface area contributed by atoms with E-state index in [1.165, 1.54) is 0 Å². The van der Waals surface area contributed by atoms with Crippen molar-refractivity contribution in [1.29, 1.82) is 0 Å². The van der Waals surface area contributed by atoms with Gasteiger partial charge in [-0.2, -0.15) is 0 Å². The highest BCUT2D eigenvalue weighted by molar-refractivity contribution is 6.14. The first-order chi connectivity index (χ1) is 19.2. The fourth-order valence-electron chi connectivity index (χ4n) is 5.44. The Bertz CT molecular complexity index is 1670. The predicted molar refractivity (Wildman–Crippen MR) is 157 cm³/mol. The second-order valence-electron chi connectivity index (χ2n) is 9.47. The number of imidazole rings is 1. The molecular formula is C35H27N3O. The molecule has 39 heavy (non-hydrogen) atoms. The zero-order valence-corrected chi connectivity index (χ0v) is 21.6. The SMILES string of the molecule is Cc1c(C=CC(=O)c2ccnc3ccccc23)ncn1C(c1ccccc1)(c1ccccc1)c1ccccc1. The van der Waals surface area contributed by atoms with Gasteiger partial charge in [-0.15, -0.1) is 0 Å². The molecule has 0 spiro atoms. The highest BCUT2D eigenvalue weighted by atomic mass is 16.1. The van der Waals surface area contributed by atoms with Gasteiger partial charge in [0.05, 0.1) is 17.5 Å². The fourth-order valence-corrected chi connectivity index (χ4v) is 5.44. The van der Waals surface area contributed by atoms with Crippen LogP contribution in [0.5, 0.6) is 0 Å². The van der Waals surface area contributed by atoms with Crippen molar-refractivity contribution in [1.82, 2.24) is 14.5 Å². The van der Waals surface area contributed by atoms with Gasteiger partial charge in [0, 0.05) is 22.8 Å². The molecule has 6 aromatic rings. The van der Waals surface area contributed by atoms with Crippen LogP contribution in [0.15, 0.2) is 140 Å². The number of nitrogens with zero attached hydrogens (tertiary/aromatic N) is 3. The Morgan fingerprint density at radius 2 is 1.23 bits per heavy atom. The summed E-state index contributed by atoms with van der Waals surface area (Å²) >= 11 is 0. The molecule has 188 valence electrons. The number of allylic oxidation sites excluding steroid dienone is 1. The zero-order valence-electron chi connectivity index (χ0n) is 21.6. The lowest BCUT2D eigenvalue weighted by Gasteiger charge is -2.38. The smallest absolute Gasteiger partial charge is 0.186 e. The van der Waals surface area contributed by atoms with Gasteiger partial charge >= 0.3 is 0 Å². The minimum absolute atomic E-state index is 0.0806. The van der Waals surface area contributed by atoms with Crippen LogP contribution >= 0.6 is 0 Å². The minimum Gasteiger partial charge on any atom is -0.316 e. The van der Waals surface area contributed by atoms with E-state index in [9.17, 15) is 4.79 Å². The molecule has 0 aliphatic carbocycles. The lowest BCUT2D eigenvalue weighted by molar-refractivity contribution is 0.104. The quantitative estimate of drug-likeness (QED) is 0.128. The number of benzene rings is 4. The standard InChI is InChI=1S/C35H27N3O/c1-26-32(21-22-34(39)31-23-24-36-33-20-12-11-19-30(31)33)37-25-38(26)35(27-13-5-2-6-14-27,28-15-7-3-8-16-28)29-17-9-4-10-18-29/h2-25H,1H3. The number of hydrogen-bond donors (Lipinski definition) is 0. The lowest BCUT2D eigenvalue weighted by atomic mass is 9.76. The Morgan fingerprint density at radius 3 is 1.82 bits per heavy atom. The molecule has 6 rings (SSSR count). The molecule has 4 nitrogen and oxygen atoms in total. The van der Waals surface area contributed by atoms with Crippen molar-refractivity contribution in [2.75, 3.05) is 0 Å². The number of para-hydroxylation sites is 1. The molecule has 0 unspecified atom stereocenters. The van der Waals surface area contributed by atoms with Gasteiger partial charge in [0.25, 0.3) is 0 Å². The molecule has 0 saturated carbocycles. The zero-order chi connectivity index (χ0) is 26.7. The maximum Gasteiger partial charge on any atom is 0.186 e. The second-order valence-corrected chi connectivity index (χ2v) is 9.47. The summed E-state index contributed by atoms with van der Waals surface area (Å²) in [6.45, 7) is 2.06. The van der Waals surface area contributed by atoms with Gasteiger partial charge in [0.1, 0.15) is 5.54 Å². The Morgan fingerprint density at radius 1 is 0.692 bits per heavy atom. The molecule has 0 saturated heterocycles. The van der Waals surface area contributed by atoms with E-state index in [0.29, 0.717) is 5.56 Å². The fraction of sp³-hybridized carbons (Fsp3) is 0.0571. The first kappa shape index (κ1) is 24.3. The summed E-state index contributed by atoms with van der Waals surface area (Å²) in [5, 5.41) is 0.841. The summed E-state index contributed by atoms with van der Waals surface area (Å²) in [6.07, 6.45) is 6.98. The third kappa shape index (κ3) is 4.26. The van der Waals surface area contributed by atoms with E-state index >= 15 is 0 Å². The molecule has 2 aromatic heterocycles. The van der Waals surface area contributed by atoms with Crippen molar-refractivity contribution in [3.63, 3.8) is 0 Å². The number of carbonyl (C=O) groups excluding carboxylic acids is 1. The van der Waals surface area contributed by atoms with Crippen LogP contribution in [-0.4, -0.2) is 20.3 Å². The number of rotatable bonds is 7. The molecule has 4 heteroatoms. The number of ketones is 1. The molecule has 0 aliphatic heterocycles. The van der Waals surface area contributed by atoms with Crippen LogP contribution in [0, 0.1) is 6.92 Å². The average Bonchev–Trinajstić information content (AvgIpc) is 3.37. The third-order valence-electron chi connectivity index (χ3n) is 7.29. The van der Waals surface area contributed by atoms with Crippen molar-refractivity contribution in [2.24, 2.45) is 0 Å². The molecule has 4 aromatic carbocycles. The monoisotopic (exact) mass is 505 g/mol. The highest BCUT2D eigenvalue weighted by Gasteiger charge is 2.39. The molecule has 0 fully saturated rings. The molecule has 0 amide bonds. The second kappa shape index (κ2) is 10.3. The van der Waals surface area contributed by atoms with E-state index in [-0.39, 0.29) is 5.78 Å². The van der Waals surface area contributed by atoms with Crippen LogP contribution in [0.3, 0.4) is 0 Å². The number of fused-ring (bicyclic) bond motifs is 1. The van der Waals surface area contributed by atoms with Gasteiger partial charge in [0.2, 0.25) is 0 Å². The summed E-state index contributed by atoms with van der Waals surface area (Å²) in [5.41, 5.74) is 5.84. The van der Waals surface area contributed by atoms with E-state index in [1.807, 2.05) is 54.9 Å². The summed E-state index contributed by atoms with van der Waals surface area (Å²) in [4.78, 5) is 22.4. The van der Waals surface area contributed by atoms with Gasteiger partial charge in [-0.05, 0) is 47.9 Å². The number of pyridine rings is 1. The van der Waals surface area contributed by atoms with Gasteiger partial charge in [-0.25, -0.2) is 4.98 Å². The maximum atomic E-state index is 13.3. The summed E-state index contributed by atoms with van der Waals surface area (Å²) in [7, 11) is 0. The number of aromatic nitrogens is 3. The van der Waals surface area contributed by atoms with Crippen LogP contribution < -0.4 is 0 Å². The van der Waals surface area contributed by atoms with Crippen LogP contribution in [0.1, 0.15) is 38.4 Å². The Labute approximate surface area is 227 Å². The maximum absolute atomic E-state index is 13.3. The first-order valence-electron chi connectivity index (χ1n) is 13.0. The molecule has 2 heterocycles. The van der Waals surface area contributed by atoms with Gasteiger partial charge in [0.15, 0.2) is 5.78 Å². The third-order valence-corrected chi connectivity index (χ3v) is 7.29. The van der Waals surface area contributed by atoms with Crippen LogP contribution in [0.2, 0.25) is 0 Å². The van der Waals surface area contributed by atoms with Gasteiger partial charge in [-0.1, -0.05) is 109 Å². The topological polar surface area (TPSA) is 47.8 Å². The van der Waals surface area contributed by atoms with Gasteiger partial charge in [-0.3, -0.25) is 9.78 Å². The van der Waals surface area contributed by atoms with E-state index in [1.54, 1.807) is 18.3 Å². The number of hydrogen-bond acceptors (Lipinski definition) is 3. The van der Waals surface area contributed by atoms with Crippen LogP contribution in [0.25, 0.3) is 17.0 Å². The van der Waals surface area contributed by atoms with E-state index < -0.39 is 5.54 Å². The summed E-state index contributed by atoms with van der Waals surface area (Å²) < 4.78 is 2.22. The normalized spacial score (nSPS) is 11.7. The lowest BCUT2D eigenvalue weighted by Crippen LogP contribution is -2.38. The van der Waals surface area contributed by atoms with Crippen molar-refractivity contribution >= 4 is 22.8 Å². The Balaban J connectivity index is 1.49. The minimum atomic E-state index is -0.654. The van der Waals surface area contributed by atoms with Crippen molar-refractivity contribution in [3.05, 3.63) is 174 Å². The summed E-state index contributed by atoms with van der Waals surface area (Å²) in [6, 6.07) is 40.9. The van der Waals surface area contributed by atoms with Crippen LogP contribution in [0.4, 0.5) is 0 Å². The first-order valence-corrected chi connectivity index (χ1v) is 13.0. The molecule has 0 bridgehead atoms. The molecular weight excluding hydrogens is 478 g/mol. The van der Waals surface area contributed by atoms with E-state index in [4.69, 9.17) is 4.98 Å². The van der Waals surface area contributed by atoms with Crippen molar-refractivity contribution in [2.45, 2.75) is 12.5 Å². The highest BCUT2D eigenvalue weighted by Crippen LogP contribution is 2.42. The predicted octanol–water partition coefficient (Wildman–Crippen LogP) is 7.48. The van der Waals surface area contributed by atoms with E-state index in [2.05, 4.69) is 89.3 Å². The van der Waals surface area contributed by atoms with Crippen molar-refractivity contribution < 1.29 is 4.79 Å². The van der Waals surface area contributed by atoms with Gasteiger partial charge < -0.3 is 4.57 Å². The molecule has 0 radical (unpaired) electrons. The van der Waals surface area contributed by atoms with Crippen molar-refractivity contribution in [3.8, 4) is 0 Å². The largest absolute Gasteiger partial charge is 0.316 e. The number of carbonyl (C=O) groups is 1.